The van der Waals surface area contributed by atoms with Crippen molar-refractivity contribution in [2.45, 2.75) is 6.54 Å². The average molecular weight is 237 g/mol. The Hall–Kier alpha value is -2.42. The maximum Gasteiger partial charge on any atom is 0.0581 e. The van der Waals surface area contributed by atoms with Gasteiger partial charge in [-0.05, 0) is 29.3 Å². The molecule has 0 saturated carbocycles. The third kappa shape index (κ3) is 4.22. The topological polar surface area (TPSA) is 37.3 Å². The Morgan fingerprint density at radius 3 is 2.61 bits per heavy atom. The Kier molecular flexibility index (Phi) is 4.69. The van der Waals surface area contributed by atoms with Crippen LogP contribution in [0.25, 0.3) is 6.08 Å². The largest absolute Gasteiger partial charge is 0.306 e. The van der Waals surface area contributed by atoms with Crippen LogP contribution in [0.5, 0.6) is 0 Å². The van der Waals surface area contributed by atoms with Gasteiger partial charge in [-0.1, -0.05) is 36.4 Å². The standard InChI is InChI=1S/C15H15N3/c1-2-5-14(6-3-1)7-4-10-17-18-13-15-8-11-16-12-9-15/h1-12,18H,13H2. The van der Waals surface area contributed by atoms with E-state index in [1.54, 1.807) is 18.6 Å². The van der Waals surface area contributed by atoms with Crippen molar-refractivity contribution in [3.8, 4) is 0 Å². The molecule has 90 valence electrons. The third-order valence-corrected chi connectivity index (χ3v) is 2.37. The number of benzene rings is 1. The van der Waals surface area contributed by atoms with Crippen molar-refractivity contribution < 1.29 is 0 Å². The van der Waals surface area contributed by atoms with Gasteiger partial charge in [0.15, 0.2) is 0 Å². The molecule has 0 aliphatic rings. The van der Waals surface area contributed by atoms with Gasteiger partial charge in [0.25, 0.3) is 0 Å². The van der Waals surface area contributed by atoms with E-state index in [9.17, 15) is 0 Å². The van der Waals surface area contributed by atoms with Crippen molar-refractivity contribution in [3.63, 3.8) is 0 Å². The first-order valence-electron chi connectivity index (χ1n) is 5.82. The van der Waals surface area contributed by atoms with Crippen molar-refractivity contribution in [1.29, 1.82) is 0 Å². The Balaban J connectivity index is 1.74. The zero-order valence-electron chi connectivity index (χ0n) is 10.0. The monoisotopic (exact) mass is 237 g/mol. The van der Waals surface area contributed by atoms with Crippen LogP contribution in [-0.4, -0.2) is 11.2 Å². The van der Waals surface area contributed by atoms with E-state index in [-0.39, 0.29) is 0 Å². The number of aromatic nitrogens is 1. The van der Waals surface area contributed by atoms with Gasteiger partial charge in [0.05, 0.1) is 6.54 Å². The Bertz CT molecular complexity index is 504. The predicted octanol–water partition coefficient (Wildman–Crippen LogP) is 2.87. The number of hydrogen-bond acceptors (Lipinski definition) is 3. The highest BCUT2D eigenvalue weighted by atomic mass is 15.3. The molecule has 2 rings (SSSR count). The lowest BCUT2D eigenvalue weighted by Crippen LogP contribution is -2.04. The molecule has 1 heterocycles. The van der Waals surface area contributed by atoms with Crippen molar-refractivity contribution >= 4 is 12.3 Å². The molecule has 0 spiro atoms. The van der Waals surface area contributed by atoms with Crippen molar-refractivity contribution in [3.05, 3.63) is 72.1 Å². The van der Waals surface area contributed by atoms with Gasteiger partial charge in [-0.15, -0.1) is 0 Å². The number of pyridine rings is 1. The summed E-state index contributed by atoms with van der Waals surface area (Å²) in [6.45, 7) is 0.707. The van der Waals surface area contributed by atoms with Crippen molar-refractivity contribution in [1.82, 2.24) is 10.4 Å². The smallest absolute Gasteiger partial charge is 0.0581 e. The highest BCUT2D eigenvalue weighted by molar-refractivity contribution is 5.77. The fourth-order valence-corrected chi connectivity index (χ4v) is 1.45. The maximum atomic E-state index is 4.10. The van der Waals surface area contributed by atoms with Crippen LogP contribution in [-0.2, 0) is 6.54 Å². The molecule has 0 aliphatic heterocycles. The van der Waals surface area contributed by atoms with E-state index in [1.165, 1.54) is 0 Å². The number of allylic oxidation sites excluding steroid dienone is 1. The molecule has 0 fully saturated rings. The summed E-state index contributed by atoms with van der Waals surface area (Å²) in [5.41, 5.74) is 5.30. The first kappa shape index (κ1) is 12.0. The maximum absolute atomic E-state index is 4.10. The summed E-state index contributed by atoms with van der Waals surface area (Å²) >= 11 is 0. The minimum absolute atomic E-state index is 0.707. The van der Waals surface area contributed by atoms with E-state index in [2.05, 4.69) is 27.6 Å². The van der Waals surface area contributed by atoms with Crippen molar-refractivity contribution in [2.24, 2.45) is 5.10 Å². The summed E-state index contributed by atoms with van der Waals surface area (Å²) < 4.78 is 0. The first-order valence-corrected chi connectivity index (χ1v) is 5.82. The summed E-state index contributed by atoms with van der Waals surface area (Å²) in [6, 6.07) is 14.0. The number of nitrogens with one attached hydrogen (secondary N) is 1. The lowest BCUT2D eigenvalue weighted by atomic mass is 10.2. The Morgan fingerprint density at radius 2 is 1.83 bits per heavy atom. The molecule has 3 heteroatoms. The van der Waals surface area contributed by atoms with Crippen LogP contribution in [0.15, 0.2) is 66.0 Å². The van der Waals surface area contributed by atoms with Crippen LogP contribution in [0, 0.1) is 0 Å². The lowest BCUT2D eigenvalue weighted by molar-refractivity contribution is 0.747. The van der Waals surface area contributed by atoms with E-state index < -0.39 is 0 Å². The summed E-state index contributed by atoms with van der Waals surface area (Å²) in [6.07, 6.45) is 9.22. The third-order valence-electron chi connectivity index (χ3n) is 2.37. The molecule has 18 heavy (non-hydrogen) atoms. The van der Waals surface area contributed by atoms with Crippen LogP contribution in [0.4, 0.5) is 0 Å². The van der Waals surface area contributed by atoms with E-state index in [1.807, 2.05) is 42.5 Å². The van der Waals surface area contributed by atoms with Crippen LogP contribution in [0.3, 0.4) is 0 Å². The molecule has 2 aromatic rings. The number of hydrazone groups is 1. The first-order chi connectivity index (χ1) is 8.95. The molecule has 1 aromatic heterocycles. The number of nitrogens with zero attached hydrogens (tertiary/aromatic N) is 2. The Morgan fingerprint density at radius 1 is 1.06 bits per heavy atom. The molecule has 1 aromatic carbocycles. The second kappa shape index (κ2) is 7.01. The normalized spacial score (nSPS) is 11.1. The van der Waals surface area contributed by atoms with Gasteiger partial charge in [0, 0.05) is 18.6 Å². The van der Waals surface area contributed by atoms with Crippen LogP contribution < -0.4 is 5.43 Å². The Labute approximate surface area is 107 Å². The molecule has 0 bridgehead atoms. The summed E-state index contributed by atoms with van der Waals surface area (Å²) in [4.78, 5) is 3.96. The minimum atomic E-state index is 0.707. The molecule has 0 atom stereocenters. The zero-order chi connectivity index (χ0) is 12.5. The second-order valence-corrected chi connectivity index (χ2v) is 3.74. The van der Waals surface area contributed by atoms with E-state index >= 15 is 0 Å². The molecule has 0 unspecified atom stereocenters. The van der Waals surface area contributed by atoms with Crippen LogP contribution in [0.2, 0.25) is 0 Å². The van der Waals surface area contributed by atoms with Gasteiger partial charge in [0.1, 0.15) is 0 Å². The molecular formula is C15H15N3. The molecule has 3 nitrogen and oxygen atoms in total. The second-order valence-electron chi connectivity index (χ2n) is 3.74. The van der Waals surface area contributed by atoms with Gasteiger partial charge < -0.3 is 5.43 Å². The molecule has 0 saturated heterocycles. The van der Waals surface area contributed by atoms with Crippen LogP contribution in [0.1, 0.15) is 11.1 Å². The fraction of sp³-hybridized carbons (Fsp3) is 0.0667. The quantitative estimate of drug-likeness (QED) is 0.641. The average Bonchev–Trinajstić information content (AvgIpc) is 2.45. The summed E-state index contributed by atoms with van der Waals surface area (Å²) in [5.74, 6) is 0. The minimum Gasteiger partial charge on any atom is -0.306 e. The number of hydrogen-bond donors (Lipinski definition) is 1. The zero-order valence-corrected chi connectivity index (χ0v) is 10.0. The molecule has 0 aliphatic carbocycles. The molecule has 0 radical (unpaired) electrons. The molecule has 0 amide bonds. The number of rotatable bonds is 5. The van der Waals surface area contributed by atoms with Gasteiger partial charge >= 0.3 is 0 Å². The van der Waals surface area contributed by atoms with Gasteiger partial charge in [-0.3, -0.25) is 4.98 Å². The lowest BCUT2D eigenvalue weighted by Gasteiger charge is -1.98. The molecule has 1 N–H and O–H groups in total. The fourth-order valence-electron chi connectivity index (χ4n) is 1.45. The molecular weight excluding hydrogens is 222 g/mol. The van der Waals surface area contributed by atoms with Gasteiger partial charge in [-0.25, -0.2) is 0 Å². The van der Waals surface area contributed by atoms with E-state index in [4.69, 9.17) is 0 Å². The van der Waals surface area contributed by atoms with Crippen LogP contribution >= 0.6 is 0 Å². The van der Waals surface area contributed by atoms with Gasteiger partial charge in [0.2, 0.25) is 0 Å². The highest BCUT2D eigenvalue weighted by Crippen LogP contribution is 1.99. The summed E-state index contributed by atoms with van der Waals surface area (Å²) in [7, 11) is 0. The predicted molar refractivity (Wildman–Crippen MR) is 75.0 cm³/mol. The highest BCUT2D eigenvalue weighted by Gasteiger charge is 1.86. The summed E-state index contributed by atoms with van der Waals surface area (Å²) in [5, 5.41) is 4.10. The van der Waals surface area contributed by atoms with E-state index in [0.29, 0.717) is 6.54 Å². The van der Waals surface area contributed by atoms with E-state index in [0.717, 1.165) is 11.1 Å². The SMILES string of the molecule is C(=Cc1ccccc1)C=NNCc1ccncc1. The van der Waals surface area contributed by atoms with Crippen molar-refractivity contribution in [2.75, 3.05) is 0 Å². The van der Waals surface area contributed by atoms with Gasteiger partial charge in [-0.2, -0.15) is 5.10 Å².